The van der Waals surface area contributed by atoms with Gasteiger partial charge in [-0.2, -0.15) is 0 Å². The minimum absolute atomic E-state index is 0.575. The second-order valence-electron chi connectivity index (χ2n) is 5.03. The molecule has 1 aliphatic rings. The van der Waals surface area contributed by atoms with E-state index in [1.165, 1.54) is 0 Å². The highest BCUT2D eigenvalue weighted by molar-refractivity contribution is 5.39. The van der Waals surface area contributed by atoms with E-state index in [0.29, 0.717) is 12.5 Å². The van der Waals surface area contributed by atoms with Crippen LogP contribution >= 0.6 is 0 Å². The Morgan fingerprint density at radius 3 is 2.72 bits per heavy atom. The van der Waals surface area contributed by atoms with Gasteiger partial charge in [0.25, 0.3) is 0 Å². The molecule has 1 aromatic rings. The van der Waals surface area contributed by atoms with Crippen molar-refractivity contribution in [2.24, 2.45) is 5.92 Å². The van der Waals surface area contributed by atoms with Gasteiger partial charge in [0.15, 0.2) is 0 Å². The zero-order valence-electron chi connectivity index (χ0n) is 11.3. The molecule has 0 atom stereocenters. The summed E-state index contributed by atoms with van der Waals surface area (Å²) in [4.78, 5) is 6.74. The van der Waals surface area contributed by atoms with E-state index in [-0.39, 0.29) is 0 Å². The third-order valence-electron chi connectivity index (χ3n) is 2.86. The Kier molecular flexibility index (Phi) is 4.96. The predicted molar refractivity (Wildman–Crippen MR) is 71.8 cm³/mol. The lowest BCUT2D eigenvalue weighted by molar-refractivity contribution is 0.0969. The van der Waals surface area contributed by atoms with Crippen molar-refractivity contribution < 1.29 is 9.47 Å². The maximum atomic E-state index is 5.59. The lowest BCUT2D eigenvalue weighted by Gasteiger charge is -2.27. The van der Waals surface area contributed by atoms with E-state index in [9.17, 15) is 0 Å². The molecule has 1 fully saturated rings. The molecule has 0 amide bonds. The first-order chi connectivity index (χ1) is 8.75. The summed E-state index contributed by atoms with van der Waals surface area (Å²) in [7, 11) is 0. The smallest absolute Gasteiger partial charge is 0.128 e. The zero-order valence-corrected chi connectivity index (χ0v) is 11.3. The van der Waals surface area contributed by atoms with Crippen LogP contribution in [0.4, 0.5) is 5.82 Å². The summed E-state index contributed by atoms with van der Waals surface area (Å²) in [5.74, 6) is 1.61. The molecule has 2 heterocycles. The SMILES string of the molecule is CC(C)COCc1ccc(N2CCOCC2)nc1. The van der Waals surface area contributed by atoms with Crippen molar-refractivity contribution in [1.29, 1.82) is 0 Å². The maximum Gasteiger partial charge on any atom is 0.128 e. The van der Waals surface area contributed by atoms with Crippen molar-refractivity contribution >= 4 is 5.82 Å². The van der Waals surface area contributed by atoms with E-state index < -0.39 is 0 Å². The average molecular weight is 250 g/mol. The first-order valence-corrected chi connectivity index (χ1v) is 6.61. The lowest BCUT2D eigenvalue weighted by Crippen LogP contribution is -2.36. The molecule has 100 valence electrons. The maximum absolute atomic E-state index is 5.59. The third kappa shape index (κ3) is 3.96. The van der Waals surface area contributed by atoms with E-state index in [2.05, 4.69) is 35.9 Å². The van der Waals surface area contributed by atoms with Crippen LogP contribution in [0.3, 0.4) is 0 Å². The molecule has 2 rings (SSSR count). The van der Waals surface area contributed by atoms with Crippen LogP contribution in [0.5, 0.6) is 0 Å². The molecular weight excluding hydrogens is 228 g/mol. The summed E-state index contributed by atoms with van der Waals surface area (Å²) < 4.78 is 10.9. The van der Waals surface area contributed by atoms with Crippen LogP contribution in [0, 0.1) is 5.92 Å². The van der Waals surface area contributed by atoms with Crippen LogP contribution in [0.1, 0.15) is 19.4 Å². The monoisotopic (exact) mass is 250 g/mol. The van der Waals surface area contributed by atoms with Crippen molar-refractivity contribution in [1.82, 2.24) is 4.98 Å². The van der Waals surface area contributed by atoms with E-state index in [4.69, 9.17) is 9.47 Å². The Morgan fingerprint density at radius 2 is 2.11 bits per heavy atom. The Bertz CT molecular complexity index is 345. The quantitative estimate of drug-likeness (QED) is 0.801. The molecule has 0 saturated carbocycles. The van der Waals surface area contributed by atoms with E-state index >= 15 is 0 Å². The number of nitrogens with zero attached hydrogens (tertiary/aromatic N) is 2. The van der Waals surface area contributed by atoms with Gasteiger partial charge in [0.2, 0.25) is 0 Å². The number of anilines is 1. The number of hydrogen-bond acceptors (Lipinski definition) is 4. The highest BCUT2D eigenvalue weighted by Gasteiger charge is 2.11. The van der Waals surface area contributed by atoms with E-state index in [0.717, 1.165) is 44.3 Å². The highest BCUT2D eigenvalue weighted by Crippen LogP contribution is 2.13. The van der Waals surface area contributed by atoms with Gasteiger partial charge in [0, 0.05) is 25.9 Å². The van der Waals surface area contributed by atoms with Crippen LogP contribution in [0.2, 0.25) is 0 Å². The predicted octanol–water partition coefficient (Wildman–Crippen LogP) is 2.09. The van der Waals surface area contributed by atoms with Crippen LogP contribution < -0.4 is 4.90 Å². The molecule has 0 bridgehead atoms. The van der Waals surface area contributed by atoms with Gasteiger partial charge in [0.1, 0.15) is 5.82 Å². The van der Waals surface area contributed by atoms with Gasteiger partial charge in [-0.05, 0) is 17.5 Å². The van der Waals surface area contributed by atoms with Crippen molar-refractivity contribution in [3.63, 3.8) is 0 Å². The zero-order chi connectivity index (χ0) is 12.8. The van der Waals surface area contributed by atoms with E-state index in [1.807, 2.05) is 6.20 Å². The number of morpholine rings is 1. The van der Waals surface area contributed by atoms with Gasteiger partial charge in [-0.25, -0.2) is 4.98 Å². The second-order valence-corrected chi connectivity index (χ2v) is 5.03. The van der Waals surface area contributed by atoms with Crippen molar-refractivity contribution in [2.45, 2.75) is 20.5 Å². The molecule has 0 aliphatic carbocycles. The molecule has 0 unspecified atom stereocenters. The van der Waals surface area contributed by atoms with Gasteiger partial charge in [0.05, 0.1) is 19.8 Å². The first-order valence-electron chi connectivity index (χ1n) is 6.61. The topological polar surface area (TPSA) is 34.6 Å². The average Bonchev–Trinajstić information content (AvgIpc) is 2.40. The van der Waals surface area contributed by atoms with Gasteiger partial charge >= 0.3 is 0 Å². The third-order valence-corrected chi connectivity index (χ3v) is 2.86. The molecule has 0 N–H and O–H groups in total. The summed E-state index contributed by atoms with van der Waals surface area (Å²) in [5.41, 5.74) is 1.13. The van der Waals surface area contributed by atoms with Crippen LogP contribution in [0.25, 0.3) is 0 Å². The Balaban J connectivity index is 1.84. The largest absolute Gasteiger partial charge is 0.378 e. The van der Waals surface area contributed by atoms with Crippen LogP contribution in [0.15, 0.2) is 18.3 Å². The molecule has 1 aliphatic heterocycles. The van der Waals surface area contributed by atoms with Crippen molar-refractivity contribution in [3.8, 4) is 0 Å². The van der Waals surface area contributed by atoms with Crippen LogP contribution in [-0.4, -0.2) is 37.9 Å². The highest BCUT2D eigenvalue weighted by atomic mass is 16.5. The number of hydrogen-bond donors (Lipinski definition) is 0. The molecule has 1 aromatic heterocycles. The molecule has 4 heteroatoms. The Labute approximate surface area is 109 Å². The molecular formula is C14H22N2O2. The summed E-state index contributed by atoms with van der Waals surface area (Å²) in [5, 5.41) is 0. The minimum Gasteiger partial charge on any atom is -0.378 e. The van der Waals surface area contributed by atoms with Crippen molar-refractivity contribution in [3.05, 3.63) is 23.9 Å². The number of pyridine rings is 1. The molecule has 0 spiro atoms. The Morgan fingerprint density at radius 1 is 1.33 bits per heavy atom. The van der Waals surface area contributed by atoms with Gasteiger partial charge < -0.3 is 14.4 Å². The first kappa shape index (κ1) is 13.3. The number of ether oxygens (including phenoxy) is 2. The summed E-state index contributed by atoms with van der Waals surface area (Å²) >= 11 is 0. The number of aromatic nitrogens is 1. The fourth-order valence-corrected chi connectivity index (χ4v) is 1.89. The number of rotatable bonds is 5. The second kappa shape index (κ2) is 6.71. The molecule has 18 heavy (non-hydrogen) atoms. The van der Waals surface area contributed by atoms with Crippen molar-refractivity contribution in [2.75, 3.05) is 37.8 Å². The van der Waals surface area contributed by atoms with Crippen LogP contribution in [-0.2, 0) is 16.1 Å². The summed E-state index contributed by atoms with van der Waals surface area (Å²) in [6.45, 7) is 9.19. The summed E-state index contributed by atoms with van der Waals surface area (Å²) in [6.07, 6.45) is 1.91. The molecule has 4 nitrogen and oxygen atoms in total. The minimum atomic E-state index is 0.575. The Hall–Kier alpha value is -1.13. The molecule has 1 saturated heterocycles. The van der Waals surface area contributed by atoms with E-state index in [1.54, 1.807) is 0 Å². The molecule has 0 aromatic carbocycles. The fraction of sp³-hybridized carbons (Fsp3) is 0.643. The summed E-state index contributed by atoms with van der Waals surface area (Å²) in [6, 6.07) is 4.16. The fourth-order valence-electron chi connectivity index (χ4n) is 1.89. The lowest BCUT2D eigenvalue weighted by atomic mass is 10.2. The molecule has 0 radical (unpaired) electrons. The van der Waals surface area contributed by atoms with Gasteiger partial charge in [-0.3, -0.25) is 0 Å². The van der Waals surface area contributed by atoms with Gasteiger partial charge in [-0.1, -0.05) is 19.9 Å². The normalized spacial score (nSPS) is 16.3. The standard InChI is InChI=1S/C14H22N2O2/c1-12(2)10-18-11-13-3-4-14(15-9-13)16-5-7-17-8-6-16/h3-4,9,12H,5-8,10-11H2,1-2H3. The van der Waals surface area contributed by atoms with Gasteiger partial charge in [-0.15, -0.1) is 0 Å².